The molecule has 0 amide bonds. The fourth-order valence-corrected chi connectivity index (χ4v) is 1.90. The highest BCUT2D eigenvalue weighted by Gasteiger charge is 2.05. The van der Waals surface area contributed by atoms with E-state index in [4.69, 9.17) is 4.74 Å². The second kappa shape index (κ2) is 8.93. The molecule has 1 N–H and O–H groups in total. The summed E-state index contributed by atoms with van der Waals surface area (Å²) >= 11 is 0. The Morgan fingerprint density at radius 2 is 2.21 bits per heavy atom. The van der Waals surface area contributed by atoms with Crippen LogP contribution in [0.2, 0.25) is 0 Å². The van der Waals surface area contributed by atoms with E-state index < -0.39 is 0 Å². The summed E-state index contributed by atoms with van der Waals surface area (Å²) in [5.41, 5.74) is 1.08. The van der Waals surface area contributed by atoms with Crippen molar-refractivity contribution in [2.75, 3.05) is 45.7 Å². The quantitative estimate of drug-likeness (QED) is 0.704. The maximum Gasteiger partial charge on any atom is 0.203 e. The summed E-state index contributed by atoms with van der Waals surface area (Å²) in [4.78, 5) is 6.78. The number of aromatic nitrogens is 2. The van der Waals surface area contributed by atoms with Crippen molar-refractivity contribution >= 4 is 5.95 Å². The Hall–Kier alpha value is -1.07. The zero-order valence-corrected chi connectivity index (χ0v) is 12.8. The zero-order chi connectivity index (χ0) is 14.1. The van der Waals surface area contributed by atoms with Crippen molar-refractivity contribution in [1.29, 1.82) is 0 Å². The summed E-state index contributed by atoms with van der Waals surface area (Å²) in [6.45, 7) is 8.92. The maximum atomic E-state index is 5.07. The SMILES string of the molecule is CCCCn1cc(C)nc1NCCN(C)CCOC. The maximum absolute atomic E-state index is 5.07. The van der Waals surface area contributed by atoms with E-state index in [1.165, 1.54) is 12.8 Å². The first-order chi connectivity index (χ1) is 9.17. The number of unbranched alkanes of at least 4 members (excludes halogenated alkanes) is 1. The topological polar surface area (TPSA) is 42.3 Å². The Bertz CT molecular complexity index is 351. The summed E-state index contributed by atoms with van der Waals surface area (Å²) < 4.78 is 7.28. The van der Waals surface area contributed by atoms with E-state index in [1.807, 2.05) is 6.92 Å². The van der Waals surface area contributed by atoms with Crippen LogP contribution in [-0.4, -0.2) is 54.8 Å². The van der Waals surface area contributed by atoms with Gasteiger partial charge in [-0.15, -0.1) is 0 Å². The second-order valence-corrected chi connectivity index (χ2v) is 4.98. The normalized spacial score (nSPS) is 11.2. The van der Waals surface area contributed by atoms with Crippen LogP contribution in [0.5, 0.6) is 0 Å². The molecule has 0 aliphatic rings. The molecule has 19 heavy (non-hydrogen) atoms. The minimum Gasteiger partial charge on any atom is -0.383 e. The van der Waals surface area contributed by atoms with Crippen LogP contribution in [0.15, 0.2) is 6.20 Å². The molecule has 0 aromatic carbocycles. The molecule has 0 aliphatic carbocycles. The fourth-order valence-electron chi connectivity index (χ4n) is 1.90. The third-order valence-corrected chi connectivity index (χ3v) is 3.10. The lowest BCUT2D eigenvalue weighted by atomic mass is 10.3. The number of nitrogens with zero attached hydrogens (tertiary/aromatic N) is 3. The fraction of sp³-hybridized carbons (Fsp3) is 0.786. The molecule has 110 valence electrons. The van der Waals surface area contributed by atoms with Gasteiger partial charge >= 0.3 is 0 Å². The van der Waals surface area contributed by atoms with Crippen molar-refractivity contribution in [2.24, 2.45) is 0 Å². The van der Waals surface area contributed by atoms with Crippen LogP contribution in [0, 0.1) is 6.92 Å². The summed E-state index contributed by atoms with van der Waals surface area (Å²) in [6, 6.07) is 0. The highest BCUT2D eigenvalue weighted by Crippen LogP contribution is 2.09. The van der Waals surface area contributed by atoms with Gasteiger partial charge in [0.1, 0.15) is 0 Å². The number of anilines is 1. The lowest BCUT2D eigenvalue weighted by molar-refractivity contribution is 0.163. The molecule has 1 heterocycles. The van der Waals surface area contributed by atoms with Crippen molar-refractivity contribution in [3.05, 3.63) is 11.9 Å². The van der Waals surface area contributed by atoms with E-state index in [2.05, 4.69) is 39.9 Å². The van der Waals surface area contributed by atoms with Gasteiger partial charge in [0.2, 0.25) is 5.95 Å². The molecule has 0 spiro atoms. The lowest BCUT2D eigenvalue weighted by Crippen LogP contribution is -2.28. The molecule has 1 aromatic rings. The molecule has 0 aliphatic heterocycles. The second-order valence-electron chi connectivity index (χ2n) is 4.98. The van der Waals surface area contributed by atoms with Gasteiger partial charge in [0.15, 0.2) is 0 Å². The number of likely N-dealkylation sites (N-methyl/N-ethyl adjacent to an activating group) is 1. The van der Waals surface area contributed by atoms with Crippen molar-refractivity contribution in [1.82, 2.24) is 14.5 Å². The lowest BCUT2D eigenvalue weighted by Gasteiger charge is -2.16. The predicted molar refractivity (Wildman–Crippen MR) is 79.7 cm³/mol. The molecule has 0 bridgehead atoms. The monoisotopic (exact) mass is 268 g/mol. The minimum atomic E-state index is 0.779. The molecule has 0 atom stereocenters. The molecule has 5 nitrogen and oxygen atoms in total. The van der Waals surface area contributed by atoms with Crippen LogP contribution in [0.25, 0.3) is 0 Å². The summed E-state index contributed by atoms with van der Waals surface area (Å²) in [5, 5.41) is 3.42. The molecule has 0 fully saturated rings. The number of ether oxygens (including phenoxy) is 1. The molecule has 1 rings (SSSR count). The Morgan fingerprint density at radius 1 is 1.42 bits per heavy atom. The Balaban J connectivity index is 2.35. The van der Waals surface area contributed by atoms with E-state index in [1.54, 1.807) is 7.11 Å². The Kier molecular flexibility index (Phi) is 7.52. The van der Waals surface area contributed by atoms with Gasteiger partial charge in [-0.1, -0.05) is 13.3 Å². The Morgan fingerprint density at radius 3 is 2.89 bits per heavy atom. The molecule has 1 aromatic heterocycles. The molecule has 0 saturated heterocycles. The third-order valence-electron chi connectivity index (χ3n) is 3.10. The van der Waals surface area contributed by atoms with Gasteiger partial charge in [0.25, 0.3) is 0 Å². The highest BCUT2D eigenvalue weighted by atomic mass is 16.5. The third kappa shape index (κ3) is 6.07. The largest absolute Gasteiger partial charge is 0.383 e. The van der Waals surface area contributed by atoms with Crippen LogP contribution >= 0.6 is 0 Å². The summed E-state index contributed by atoms with van der Waals surface area (Å²) in [7, 11) is 3.84. The van der Waals surface area contributed by atoms with E-state index in [9.17, 15) is 0 Å². The van der Waals surface area contributed by atoms with Crippen LogP contribution in [0.1, 0.15) is 25.5 Å². The van der Waals surface area contributed by atoms with Gasteiger partial charge in [-0.05, 0) is 20.4 Å². The smallest absolute Gasteiger partial charge is 0.203 e. The van der Waals surface area contributed by atoms with Crippen LogP contribution in [-0.2, 0) is 11.3 Å². The van der Waals surface area contributed by atoms with Gasteiger partial charge in [-0.25, -0.2) is 4.98 Å². The van der Waals surface area contributed by atoms with Gasteiger partial charge in [-0.3, -0.25) is 0 Å². The van der Waals surface area contributed by atoms with Crippen molar-refractivity contribution in [3.63, 3.8) is 0 Å². The number of aryl methyl sites for hydroxylation is 2. The van der Waals surface area contributed by atoms with Crippen LogP contribution in [0.3, 0.4) is 0 Å². The van der Waals surface area contributed by atoms with Crippen molar-refractivity contribution in [2.45, 2.75) is 33.2 Å². The Labute approximate surface area is 117 Å². The first-order valence-corrected chi connectivity index (χ1v) is 7.12. The predicted octanol–water partition coefficient (Wildman–Crippen LogP) is 1.98. The van der Waals surface area contributed by atoms with Gasteiger partial charge in [-0.2, -0.15) is 0 Å². The zero-order valence-electron chi connectivity index (χ0n) is 12.8. The minimum absolute atomic E-state index is 0.779. The molecule has 5 heteroatoms. The van der Waals surface area contributed by atoms with Gasteiger partial charge in [0.05, 0.1) is 12.3 Å². The summed E-state index contributed by atoms with van der Waals surface area (Å²) in [6.07, 6.45) is 4.52. The van der Waals surface area contributed by atoms with E-state index in [-0.39, 0.29) is 0 Å². The first-order valence-electron chi connectivity index (χ1n) is 7.12. The molecule has 0 saturated carbocycles. The number of hydrogen-bond donors (Lipinski definition) is 1. The highest BCUT2D eigenvalue weighted by molar-refractivity contribution is 5.28. The number of nitrogens with one attached hydrogen (secondary N) is 1. The van der Waals surface area contributed by atoms with Crippen LogP contribution < -0.4 is 5.32 Å². The average molecular weight is 268 g/mol. The van der Waals surface area contributed by atoms with Gasteiger partial charge < -0.3 is 19.5 Å². The van der Waals surface area contributed by atoms with E-state index in [0.29, 0.717) is 0 Å². The first kappa shape index (κ1) is 16.0. The number of methoxy groups -OCH3 is 1. The standard InChI is InChI=1S/C14H28N4O/c1-5-6-8-18-12-13(2)16-14(18)15-7-9-17(3)10-11-19-4/h12H,5-11H2,1-4H3,(H,15,16). The van der Waals surface area contributed by atoms with Crippen molar-refractivity contribution in [3.8, 4) is 0 Å². The van der Waals surface area contributed by atoms with Crippen LogP contribution in [0.4, 0.5) is 5.95 Å². The van der Waals surface area contributed by atoms with Gasteiger partial charge in [0, 0.05) is 39.5 Å². The molecule has 0 unspecified atom stereocenters. The average Bonchev–Trinajstić information content (AvgIpc) is 2.74. The molecular weight excluding hydrogens is 240 g/mol. The van der Waals surface area contributed by atoms with E-state index >= 15 is 0 Å². The van der Waals surface area contributed by atoms with E-state index in [0.717, 1.165) is 44.4 Å². The number of rotatable bonds is 10. The van der Waals surface area contributed by atoms with Crippen molar-refractivity contribution < 1.29 is 4.74 Å². The number of hydrogen-bond acceptors (Lipinski definition) is 4. The molecule has 0 radical (unpaired) electrons. The molecular formula is C14H28N4O. The summed E-state index contributed by atoms with van der Waals surface area (Å²) in [5.74, 6) is 0.992. The number of imidazole rings is 1.